The predicted molar refractivity (Wildman–Crippen MR) is 104 cm³/mol. The summed E-state index contributed by atoms with van der Waals surface area (Å²) >= 11 is 13.1. The molecule has 3 amide bonds. The highest BCUT2D eigenvalue weighted by atomic mass is 35.5. The largest absolute Gasteiger partial charge is 0.315 e. The van der Waals surface area contributed by atoms with Crippen LogP contribution in [0.5, 0.6) is 0 Å². The molecular formula is C20H16Cl2N2O3. The number of imide groups is 1. The van der Waals surface area contributed by atoms with Gasteiger partial charge in [0.25, 0.3) is 11.8 Å². The summed E-state index contributed by atoms with van der Waals surface area (Å²) in [6, 6.07) is 17.5. The normalized spacial score (nSPS) is 29.3. The second kappa shape index (κ2) is 6.08. The Morgan fingerprint density at radius 3 is 2.15 bits per heavy atom. The molecule has 0 aromatic heterocycles. The quantitative estimate of drug-likeness (QED) is 0.584. The van der Waals surface area contributed by atoms with Crippen molar-refractivity contribution in [3.05, 3.63) is 60.7 Å². The van der Waals surface area contributed by atoms with Crippen LogP contribution in [-0.2, 0) is 14.4 Å². The third-order valence-electron chi connectivity index (χ3n) is 5.39. The first kappa shape index (κ1) is 18.0. The Labute approximate surface area is 166 Å². The maximum absolute atomic E-state index is 13.1. The van der Waals surface area contributed by atoms with E-state index in [0.29, 0.717) is 11.4 Å². The molecule has 0 N–H and O–H groups in total. The lowest BCUT2D eigenvalue weighted by Crippen LogP contribution is -2.68. The van der Waals surface area contributed by atoms with Gasteiger partial charge in [0.2, 0.25) is 5.91 Å². The predicted octanol–water partition coefficient (Wildman–Crippen LogP) is 3.20. The van der Waals surface area contributed by atoms with Crippen LogP contribution in [0.3, 0.4) is 0 Å². The molecule has 2 aliphatic rings. The zero-order valence-electron chi connectivity index (χ0n) is 14.4. The molecule has 138 valence electrons. The summed E-state index contributed by atoms with van der Waals surface area (Å²) in [7, 11) is 1.61. The van der Waals surface area contributed by atoms with Crippen LogP contribution < -0.4 is 9.80 Å². The number of fused-ring (bicyclic) bond motifs is 1. The average Bonchev–Trinajstić information content (AvgIpc) is 2.80. The van der Waals surface area contributed by atoms with Gasteiger partial charge in [0.15, 0.2) is 9.75 Å². The summed E-state index contributed by atoms with van der Waals surface area (Å²) in [5.41, 5.74) is 1.07. The van der Waals surface area contributed by atoms with E-state index in [1.54, 1.807) is 49.5 Å². The summed E-state index contributed by atoms with van der Waals surface area (Å²) in [4.78, 5) is 38.0. The van der Waals surface area contributed by atoms with Gasteiger partial charge in [0.05, 0.1) is 11.6 Å². The maximum atomic E-state index is 13.1. The lowest BCUT2D eigenvalue weighted by molar-refractivity contribution is -0.135. The molecule has 5 nitrogen and oxygen atoms in total. The lowest BCUT2D eigenvalue weighted by atomic mass is 9.63. The Bertz CT molecular complexity index is 937. The highest BCUT2D eigenvalue weighted by Crippen LogP contribution is 2.62. The van der Waals surface area contributed by atoms with Crippen molar-refractivity contribution in [1.29, 1.82) is 0 Å². The SMILES string of the molecule is CN(C(=O)[C@H]1C[C@]2(Cl)C(=O)N(c3ccccc3)C(=O)[C@]12Cl)c1ccccc1. The number of nitrogens with zero attached hydrogens (tertiary/aromatic N) is 2. The van der Waals surface area contributed by atoms with E-state index in [-0.39, 0.29) is 12.3 Å². The summed E-state index contributed by atoms with van der Waals surface area (Å²) < 4.78 is 0. The first-order valence-corrected chi connectivity index (χ1v) is 9.22. The van der Waals surface area contributed by atoms with E-state index in [4.69, 9.17) is 23.2 Å². The van der Waals surface area contributed by atoms with Gasteiger partial charge in [-0.15, -0.1) is 23.2 Å². The standard InChI is InChI=1S/C20H16Cl2N2O3/c1-23(13-8-4-2-5-9-13)16(25)15-12-19(21)17(26)24(18(27)20(15,19)22)14-10-6-3-7-11-14/h2-11,15H,12H2,1H3/t15-,19+,20-/m1/s1. The first-order chi connectivity index (χ1) is 12.8. The third-order valence-corrected chi connectivity index (χ3v) is 6.84. The van der Waals surface area contributed by atoms with E-state index in [1.807, 2.05) is 18.2 Å². The number of halogens is 2. The van der Waals surface area contributed by atoms with Gasteiger partial charge in [0.1, 0.15) is 0 Å². The van der Waals surface area contributed by atoms with Gasteiger partial charge in [0, 0.05) is 12.7 Å². The summed E-state index contributed by atoms with van der Waals surface area (Å²) in [6.45, 7) is 0. The number of carbonyl (C=O) groups is 3. The fourth-order valence-electron chi connectivity index (χ4n) is 3.79. The van der Waals surface area contributed by atoms with Gasteiger partial charge in [-0.05, 0) is 30.7 Å². The van der Waals surface area contributed by atoms with E-state index in [2.05, 4.69) is 0 Å². The number of para-hydroxylation sites is 2. The van der Waals surface area contributed by atoms with Crippen LogP contribution >= 0.6 is 23.2 Å². The van der Waals surface area contributed by atoms with Crippen LogP contribution in [-0.4, -0.2) is 34.5 Å². The Morgan fingerprint density at radius 2 is 1.56 bits per heavy atom. The minimum atomic E-state index is -1.79. The second-order valence-electron chi connectivity index (χ2n) is 6.78. The highest BCUT2D eigenvalue weighted by Gasteiger charge is 2.81. The number of anilines is 2. The molecule has 0 unspecified atom stereocenters. The Balaban J connectivity index is 1.68. The molecule has 4 rings (SSSR count). The van der Waals surface area contributed by atoms with Crippen LogP contribution in [0.15, 0.2) is 60.7 Å². The number of hydrogen-bond acceptors (Lipinski definition) is 3. The van der Waals surface area contributed by atoms with Crippen molar-refractivity contribution >= 4 is 52.3 Å². The fourth-order valence-corrected chi connectivity index (χ4v) is 4.66. The number of benzene rings is 2. The lowest BCUT2D eigenvalue weighted by Gasteiger charge is -2.49. The molecule has 3 atom stereocenters. The number of carbonyl (C=O) groups excluding carboxylic acids is 3. The third kappa shape index (κ3) is 2.28. The van der Waals surface area contributed by atoms with Crippen LogP contribution in [0.4, 0.5) is 11.4 Å². The highest BCUT2D eigenvalue weighted by molar-refractivity contribution is 6.59. The molecule has 2 fully saturated rings. The fraction of sp³-hybridized carbons (Fsp3) is 0.250. The van der Waals surface area contributed by atoms with E-state index in [0.717, 1.165) is 4.90 Å². The Morgan fingerprint density at radius 1 is 1.00 bits per heavy atom. The molecule has 2 aromatic carbocycles. The topological polar surface area (TPSA) is 57.7 Å². The van der Waals surface area contributed by atoms with Crippen molar-refractivity contribution in [3.8, 4) is 0 Å². The van der Waals surface area contributed by atoms with Gasteiger partial charge in [-0.2, -0.15) is 0 Å². The number of alkyl halides is 2. The zero-order chi connectivity index (χ0) is 19.4. The molecule has 1 heterocycles. The van der Waals surface area contributed by atoms with Crippen molar-refractivity contribution in [3.63, 3.8) is 0 Å². The molecule has 1 saturated carbocycles. The Hall–Kier alpha value is -2.37. The molecule has 1 aliphatic carbocycles. The van der Waals surface area contributed by atoms with Crippen molar-refractivity contribution in [1.82, 2.24) is 0 Å². The molecule has 27 heavy (non-hydrogen) atoms. The number of rotatable bonds is 3. The summed E-state index contributed by atoms with van der Waals surface area (Å²) in [5.74, 6) is -2.46. The van der Waals surface area contributed by atoms with E-state index in [9.17, 15) is 14.4 Å². The molecule has 0 spiro atoms. The van der Waals surface area contributed by atoms with Gasteiger partial charge in [-0.3, -0.25) is 14.4 Å². The van der Waals surface area contributed by atoms with E-state index in [1.165, 1.54) is 4.90 Å². The van der Waals surface area contributed by atoms with Gasteiger partial charge in [-0.25, -0.2) is 4.90 Å². The minimum absolute atomic E-state index is 0.0158. The molecular weight excluding hydrogens is 387 g/mol. The minimum Gasteiger partial charge on any atom is -0.315 e. The first-order valence-electron chi connectivity index (χ1n) is 8.47. The molecule has 2 aromatic rings. The molecule has 1 saturated heterocycles. The molecule has 7 heteroatoms. The molecule has 0 radical (unpaired) electrons. The Kier molecular flexibility index (Phi) is 4.05. The maximum Gasteiger partial charge on any atom is 0.258 e. The smallest absolute Gasteiger partial charge is 0.258 e. The van der Waals surface area contributed by atoms with E-state index >= 15 is 0 Å². The zero-order valence-corrected chi connectivity index (χ0v) is 15.9. The van der Waals surface area contributed by atoms with Gasteiger partial charge >= 0.3 is 0 Å². The van der Waals surface area contributed by atoms with Crippen molar-refractivity contribution < 1.29 is 14.4 Å². The van der Waals surface area contributed by atoms with Crippen LogP contribution in [0.2, 0.25) is 0 Å². The van der Waals surface area contributed by atoms with Crippen molar-refractivity contribution in [2.45, 2.75) is 16.2 Å². The monoisotopic (exact) mass is 402 g/mol. The second-order valence-corrected chi connectivity index (χ2v) is 8.03. The number of amides is 3. The van der Waals surface area contributed by atoms with Crippen LogP contribution in [0, 0.1) is 5.92 Å². The number of hydrogen-bond donors (Lipinski definition) is 0. The molecule has 1 aliphatic heterocycles. The molecule has 0 bridgehead atoms. The van der Waals surface area contributed by atoms with Crippen LogP contribution in [0.25, 0.3) is 0 Å². The van der Waals surface area contributed by atoms with Crippen LogP contribution in [0.1, 0.15) is 6.42 Å². The average molecular weight is 403 g/mol. The summed E-state index contributed by atoms with van der Waals surface area (Å²) in [5, 5.41) is 0. The van der Waals surface area contributed by atoms with E-state index < -0.39 is 27.5 Å². The van der Waals surface area contributed by atoms with Gasteiger partial charge in [-0.1, -0.05) is 36.4 Å². The summed E-state index contributed by atoms with van der Waals surface area (Å²) in [6.07, 6.45) is 0.0158. The van der Waals surface area contributed by atoms with Crippen molar-refractivity contribution in [2.24, 2.45) is 5.92 Å². The van der Waals surface area contributed by atoms with Crippen molar-refractivity contribution in [2.75, 3.05) is 16.8 Å². The van der Waals surface area contributed by atoms with Gasteiger partial charge < -0.3 is 4.90 Å².